The first kappa shape index (κ1) is 25.5. The number of carbonyl (C=O) groups is 3. The van der Waals surface area contributed by atoms with Gasteiger partial charge in [0.25, 0.3) is 5.91 Å². The van der Waals surface area contributed by atoms with Gasteiger partial charge in [-0.05, 0) is 49.6 Å². The Morgan fingerprint density at radius 1 is 0.939 bits per heavy atom. The molecule has 1 atom stereocenters. The second kappa shape index (κ2) is 11.8. The number of amides is 2. The maximum absolute atomic E-state index is 12.3. The van der Waals surface area contributed by atoms with E-state index in [2.05, 4.69) is 10.6 Å². The van der Waals surface area contributed by atoms with E-state index in [-0.39, 0.29) is 18.9 Å². The molecule has 0 aliphatic rings. The van der Waals surface area contributed by atoms with Crippen LogP contribution < -0.4 is 24.8 Å². The molecule has 2 aromatic carbocycles. The predicted octanol–water partition coefficient (Wildman–Crippen LogP) is 2.56. The molecule has 0 aliphatic heterocycles. The van der Waals surface area contributed by atoms with E-state index in [0.29, 0.717) is 28.5 Å². The Kier molecular flexibility index (Phi) is 9.08. The summed E-state index contributed by atoms with van der Waals surface area (Å²) < 4.78 is 21.0. The number of esters is 1. The van der Waals surface area contributed by atoms with E-state index in [4.69, 9.17) is 18.9 Å². The second-order valence-corrected chi connectivity index (χ2v) is 7.38. The summed E-state index contributed by atoms with van der Waals surface area (Å²) in [5, 5.41) is 5.26. The van der Waals surface area contributed by atoms with Gasteiger partial charge < -0.3 is 29.6 Å². The zero-order valence-electron chi connectivity index (χ0n) is 19.7. The van der Waals surface area contributed by atoms with Gasteiger partial charge in [0, 0.05) is 5.69 Å². The molecular weight excluding hydrogens is 428 g/mol. The van der Waals surface area contributed by atoms with Gasteiger partial charge in [-0.3, -0.25) is 14.4 Å². The van der Waals surface area contributed by atoms with Gasteiger partial charge in [-0.25, -0.2) is 0 Å². The molecule has 0 aliphatic carbocycles. The van der Waals surface area contributed by atoms with Gasteiger partial charge in [-0.15, -0.1) is 0 Å². The molecule has 0 bridgehead atoms. The van der Waals surface area contributed by atoms with E-state index >= 15 is 0 Å². The molecule has 2 rings (SSSR count). The largest absolute Gasteiger partial charge is 0.493 e. The highest BCUT2D eigenvalue weighted by Gasteiger charge is 2.20. The zero-order valence-corrected chi connectivity index (χ0v) is 19.7. The molecular formula is C24H30N2O7. The normalized spacial score (nSPS) is 11.2. The Balaban J connectivity index is 1.90. The number of rotatable bonds is 10. The minimum absolute atomic E-state index is 0.110. The lowest BCUT2D eigenvalue weighted by atomic mass is 10.1. The SMILES string of the molecule is COc1cc(CC(=O)OC(C)C(=O)NCC(=O)Nc2c(C)cccc2C)cc(OC)c1OC. The van der Waals surface area contributed by atoms with E-state index in [9.17, 15) is 14.4 Å². The fourth-order valence-electron chi connectivity index (χ4n) is 3.20. The van der Waals surface area contributed by atoms with Crippen LogP contribution in [0.1, 0.15) is 23.6 Å². The van der Waals surface area contributed by atoms with Crippen molar-refractivity contribution in [2.75, 3.05) is 33.2 Å². The minimum atomic E-state index is -1.08. The molecule has 0 spiro atoms. The second-order valence-electron chi connectivity index (χ2n) is 7.38. The number of benzene rings is 2. The highest BCUT2D eigenvalue weighted by molar-refractivity contribution is 5.96. The van der Waals surface area contributed by atoms with Gasteiger partial charge in [0.15, 0.2) is 17.6 Å². The Bertz CT molecular complexity index is 975. The molecule has 0 radical (unpaired) electrons. The number of ether oxygens (including phenoxy) is 4. The number of hydrogen-bond donors (Lipinski definition) is 2. The molecule has 178 valence electrons. The van der Waals surface area contributed by atoms with E-state index in [1.54, 1.807) is 12.1 Å². The fourth-order valence-corrected chi connectivity index (χ4v) is 3.20. The summed E-state index contributed by atoms with van der Waals surface area (Å²) in [6.07, 6.45) is -1.19. The first-order valence-electron chi connectivity index (χ1n) is 10.3. The number of aryl methyl sites for hydroxylation is 2. The molecule has 0 aromatic heterocycles. The first-order chi connectivity index (χ1) is 15.7. The third-order valence-electron chi connectivity index (χ3n) is 4.92. The van der Waals surface area contributed by atoms with E-state index in [0.717, 1.165) is 11.1 Å². The van der Waals surface area contributed by atoms with E-state index in [1.165, 1.54) is 28.3 Å². The van der Waals surface area contributed by atoms with E-state index < -0.39 is 18.0 Å². The molecule has 1 unspecified atom stereocenters. The van der Waals surface area contributed by atoms with Crippen LogP contribution in [0.2, 0.25) is 0 Å². The number of methoxy groups -OCH3 is 3. The lowest BCUT2D eigenvalue weighted by Crippen LogP contribution is -2.40. The summed E-state index contributed by atoms with van der Waals surface area (Å²) in [5.41, 5.74) is 3.11. The number of carbonyl (C=O) groups excluding carboxylic acids is 3. The number of hydrogen-bond acceptors (Lipinski definition) is 7. The van der Waals surface area contributed by atoms with Crippen LogP contribution in [0.3, 0.4) is 0 Å². The molecule has 0 fully saturated rings. The van der Waals surface area contributed by atoms with Gasteiger partial charge in [-0.2, -0.15) is 0 Å². The van der Waals surface area contributed by atoms with Gasteiger partial charge in [0.1, 0.15) is 0 Å². The van der Waals surface area contributed by atoms with Crippen molar-refractivity contribution in [3.63, 3.8) is 0 Å². The van der Waals surface area contributed by atoms with Crippen LogP contribution in [0, 0.1) is 13.8 Å². The molecule has 0 saturated heterocycles. The Hall–Kier alpha value is -3.75. The lowest BCUT2D eigenvalue weighted by Gasteiger charge is -2.16. The van der Waals surface area contributed by atoms with Crippen LogP contribution in [-0.2, 0) is 25.5 Å². The van der Waals surface area contributed by atoms with Crippen molar-refractivity contribution in [2.45, 2.75) is 33.3 Å². The Morgan fingerprint density at radius 2 is 1.52 bits per heavy atom. The molecule has 33 heavy (non-hydrogen) atoms. The maximum Gasteiger partial charge on any atom is 0.311 e. The van der Waals surface area contributed by atoms with Gasteiger partial charge in [-0.1, -0.05) is 18.2 Å². The van der Waals surface area contributed by atoms with E-state index in [1.807, 2.05) is 32.0 Å². The summed E-state index contributed by atoms with van der Waals surface area (Å²) in [4.78, 5) is 36.8. The highest BCUT2D eigenvalue weighted by Crippen LogP contribution is 2.38. The molecule has 0 heterocycles. The topological polar surface area (TPSA) is 112 Å². The standard InChI is InChI=1S/C24H30N2O7/c1-14-8-7-9-15(2)22(14)26-20(27)13-25-24(29)16(3)33-21(28)12-17-10-18(30-4)23(32-6)19(11-17)31-5/h7-11,16H,12-13H2,1-6H3,(H,25,29)(H,26,27). The molecule has 0 saturated carbocycles. The first-order valence-corrected chi connectivity index (χ1v) is 10.3. The third kappa shape index (κ3) is 6.86. The van der Waals surface area contributed by atoms with Crippen molar-refractivity contribution in [1.29, 1.82) is 0 Å². The molecule has 2 N–H and O–H groups in total. The van der Waals surface area contributed by atoms with Crippen LogP contribution >= 0.6 is 0 Å². The monoisotopic (exact) mass is 458 g/mol. The van der Waals surface area contributed by atoms with Crippen LogP contribution in [0.15, 0.2) is 30.3 Å². The average molecular weight is 459 g/mol. The van der Waals surface area contributed by atoms with Crippen molar-refractivity contribution < 1.29 is 33.3 Å². The van der Waals surface area contributed by atoms with Crippen molar-refractivity contribution in [1.82, 2.24) is 5.32 Å². The van der Waals surface area contributed by atoms with Crippen molar-refractivity contribution >= 4 is 23.5 Å². The Labute approximate surface area is 193 Å². The van der Waals surface area contributed by atoms with Crippen molar-refractivity contribution in [3.05, 3.63) is 47.0 Å². The molecule has 9 nitrogen and oxygen atoms in total. The zero-order chi connectivity index (χ0) is 24.5. The van der Waals surface area contributed by atoms with Crippen LogP contribution in [0.4, 0.5) is 5.69 Å². The van der Waals surface area contributed by atoms with Crippen molar-refractivity contribution in [2.24, 2.45) is 0 Å². The van der Waals surface area contributed by atoms with Crippen LogP contribution in [0.5, 0.6) is 17.2 Å². The quantitative estimate of drug-likeness (QED) is 0.526. The summed E-state index contributed by atoms with van der Waals surface area (Å²) in [7, 11) is 4.43. The van der Waals surface area contributed by atoms with Crippen molar-refractivity contribution in [3.8, 4) is 17.2 Å². The lowest BCUT2D eigenvalue weighted by molar-refractivity contribution is -0.154. The average Bonchev–Trinajstić information content (AvgIpc) is 2.78. The Morgan fingerprint density at radius 3 is 2.03 bits per heavy atom. The molecule has 9 heteroatoms. The third-order valence-corrected chi connectivity index (χ3v) is 4.92. The molecule has 2 amide bonds. The molecule has 2 aromatic rings. The smallest absolute Gasteiger partial charge is 0.311 e. The summed E-state index contributed by atoms with van der Waals surface area (Å²) >= 11 is 0. The summed E-state index contributed by atoms with van der Waals surface area (Å²) in [5.74, 6) is -0.363. The van der Waals surface area contributed by atoms with Gasteiger partial charge in [0.2, 0.25) is 11.7 Å². The maximum atomic E-state index is 12.3. The van der Waals surface area contributed by atoms with Crippen LogP contribution in [-0.4, -0.2) is 51.8 Å². The minimum Gasteiger partial charge on any atom is -0.493 e. The summed E-state index contributed by atoms with van der Waals surface area (Å²) in [6, 6.07) is 8.93. The predicted molar refractivity (Wildman–Crippen MR) is 123 cm³/mol. The van der Waals surface area contributed by atoms with Crippen LogP contribution in [0.25, 0.3) is 0 Å². The fraction of sp³-hybridized carbons (Fsp3) is 0.375. The van der Waals surface area contributed by atoms with Gasteiger partial charge in [0.05, 0.1) is 34.3 Å². The highest BCUT2D eigenvalue weighted by atomic mass is 16.5. The number of nitrogens with one attached hydrogen (secondary N) is 2. The number of para-hydroxylation sites is 1. The van der Waals surface area contributed by atoms with Gasteiger partial charge >= 0.3 is 5.97 Å². The number of anilines is 1. The summed E-state index contributed by atoms with van der Waals surface area (Å²) in [6.45, 7) is 4.96.